The molecule has 1 fully saturated rings. The Labute approximate surface area is 114 Å². The number of hydrogen-bond donors (Lipinski definition) is 1. The first-order valence-corrected chi connectivity index (χ1v) is 6.32. The maximum atomic E-state index is 11.9. The van der Waals surface area contributed by atoms with Crippen LogP contribution < -0.4 is 15.0 Å². The largest absolute Gasteiger partial charge is 0.495 e. The average molecular weight is 264 g/mol. The molecule has 1 aliphatic rings. The molecule has 0 unspecified atom stereocenters. The summed E-state index contributed by atoms with van der Waals surface area (Å²) in [6, 6.07) is 5.39. The van der Waals surface area contributed by atoms with Crippen LogP contribution in [0.3, 0.4) is 0 Å². The molecule has 1 aromatic carbocycles. The summed E-state index contributed by atoms with van der Waals surface area (Å²) in [4.78, 5) is 24.6. The van der Waals surface area contributed by atoms with E-state index in [4.69, 9.17) is 4.74 Å². The number of anilines is 1. The molecular formula is C14H20N2O3. The fourth-order valence-electron chi connectivity index (χ4n) is 2.07. The minimum absolute atomic E-state index is 0. The van der Waals surface area contributed by atoms with E-state index < -0.39 is 6.03 Å². The van der Waals surface area contributed by atoms with E-state index in [1.807, 2.05) is 18.2 Å². The van der Waals surface area contributed by atoms with Gasteiger partial charge in [-0.1, -0.05) is 19.9 Å². The van der Waals surface area contributed by atoms with Crippen LogP contribution in [-0.2, 0) is 4.79 Å². The van der Waals surface area contributed by atoms with E-state index in [0.717, 1.165) is 5.56 Å². The number of amides is 3. The lowest BCUT2D eigenvalue weighted by Crippen LogP contribution is -2.49. The van der Waals surface area contributed by atoms with Gasteiger partial charge >= 0.3 is 6.03 Å². The molecule has 1 heterocycles. The molecule has 0 aliphatic carbocycles. The third-order valence-electron chi connectivity index (χ3n) is 3.21. The Bertz CT molecular complexity index is 517. The zero-order valence-electron chi connectivity index (χ0n) is 11.4. The molecule has 0 radical (unpaired) electrons. The second kappa shape index (κ2) is 5.30. The first kappa shape index (κ1) is 13.4. The maximum Gasteiger partial charge on any atom is 0.328 e. The lowest BCUT2D eigenvalue weighted by Gasteiger charge is -2.28. The number of imide groups is 1. The van der Waals surface area contributed by atoms with E-state index in [2.05, 4.69) is 19.2 Å². The number of benzene rings is 1. The minimum Gasteiger partial charge on any atom is -0.495 e. The number of methoxy groups -OCH3 is 1. The summed E-state index contributed by atoms with van der Waals surface area (Å²) in [5.74, 6) is 0.758. The average Bonchev–Trinajstić information content (AvgIpc) is 2.38. The Hall–Kier alpha value is -2.04. The van der Waals surface area contributed by atoms with Gasteiger partial charge in [0.05, 0.1) is 12.8 Å². The van der Waals surface area contributed by atoms with Crippen LogP contribution >= 0.6 is 0 Å². The van der Waals surface area contributed by atoms with Crippen molar-refractivity contribution in [1.29, 1.82) is 0 Å². The first-order valence-electron chi connectivity index (χ1n) is 6.32. The molecule has 0 aromatic heterocycles. The van der Waals surface area contributed by atoms with Gasteiger partial charge in [-0.3, -0.25) is 15.0 Å². The summed E-state index contributed by atoms with van der Waals surface area (Å²) in [6.07, 6.45) is 0.306. The van der Waals surface area contributed by atoms with Crippen molar-refractivity contribution in [2.24, 2.45) is 0 Å². The highest BCUT2D eigenvalue weighted by atomic mass is 16.5. The van der Waals surface area contributed by atoms with E-state index in [1.54, 1.807) is 12.0 Å². The number of hydrogen-bond acceptors (Lipinski definition) is 3. The third-order valence-corrected chi connectivity index (χ3v) is 3.21. The standard InChI is InChI=1S/C14H18N2O3.H2/c1-9(2)10-4-5-12(19-3)11(8-10)16-7-6-13(17)15-14(16)18;/h4-5,8-9H,6-7H2,1-3H3,(H,15,17,18);1H. The van der Waals surface area contributed by atoms with Crippen LogP contribution in [0.1, 0.15) is 33.2 Å². The molecule has 104 valence electrons. The summed E-state index contributed by atoms with van der Waals surface area (Å²) in [7, 11) is 1.57. The number of nitrogens with one attached hydrogen (secondary N) is 1. The van der Waals surface area contributed by atoms with Gasteiger partial charge in [0.25, 0.3) is 0 Å². The number of ether oxygens (including phenoxy) is 1. The molecular weight excluding hydrogens is 244 g/mol. The van der Waals surface area contributed by atoms with Crippen LogP contribution in [0.15, 0.2) is 18.2 Å². The number of carbonyl (C=O) groups excluding carboxylic acids is 2. The van der Waals surface area contributed by atoms with Gasteiger partial charge in [0, 0.05) is 14.4 Å². The van der Waals surface area contributed by atoms with Crippen molar-refractivity contribution < 1.29 is 15.8 Å². The zero-order valence-corrected chi connectivity index (χ0v) is 11.4. The molecule has 0 spiro atoms. The van der Waals surface area contributed by atoms with Gasteiger partial charge in [0.15, 0.2) is 0 Å². The van der Waals surface area contributed by atoms with Crippen molar-refractivity contribution in [3.63, 3.8) is 0 Å². The van der Waals surface area contributed by atoms with Crippen LogP contribution in [0.4, 0.5) is 10.5 Å². The molecule has 1 N–H and O–H groups in total. The predicted octanol–water partition coefficient (Wildman–Crippen LogP) is 2.51. The van der Waals surface area contributed by atoms with Gasteiger partial charge in [0.2, 0.25) is 5.91 Å². The van der Waals surface area contributed by atoms with Gasteiger partial charge in [0.1, 0.15) is 5.75 Å². The van der Waals surface area contributed by atoms with Crippen LogP contribution in [0.25, 0.3) is 0 Å². The van der Waals surface area contributed by atoms with Crippen LogP contribution in [-0.4, -0.2) is 25.6 Å². The van der Waals surface area contributed by atoms with Crippen molar-refractivity contribution in [3.05, 3.63) is 23.8 Å². The van der Waals surface area contributed by atoms with E-state index in [-0.39, 0.29) is 7.33 Å². The molecule has 1 saturated heterocycles. The second-order valence-corrected chi connectivity index (χ2v) is 4.84. The predicted molar refractivity (Wildman–Crippen MR) is 74.7 cm³/mol. The van der Waals surface area contributed by atoms with E-state index >= 15 is 0 Å². The van der Waals surface area contributed by atoms with E-state index in [9.17, 15) is 9.59 Å². The van der Waals surface area contributed by atoms with Gasteiger partial charge in [-0.15, -0.1) is 0 Å². The van der Waals surface area contributed by atoms with Crippen LogP contribution in [0.5, 0.6) is 5.75 Å². The smallest absolute Gasteiger partial charge is 0.328 e. The summed E-state index contributed by atoms with van der Waals surface area (Å²) >= 11 is 0. The Morgan fingerprint density at radius 3 is 2.68 bits per heavy atom. The molecule has 1 aromatic rings. The Kier molecular flexibility index (Phi) is 3.74. The fraction of sp³-hybridized carbons (Fsp3) is 0.429. The Morgan fingerprint density at radius 1 is 1.37 bits per heavy atom. The topological polar surface area (TPSA) is 58.6 Å². The highest BCUT2D eigenvalue weighted by Crippen LogP contribution is 2.32. The fourth-order valence-corrected chi connectivity index (χ4v) is 2.07. The van der Waals surface area contributed by atoms with Crippen molar-refractivity contribution in [1.82, 2.24) is 5.32 Å². The monoisotopic (exact) mass is 264 g/mol. The number of rotatable bonds is 3. The van der Waals surface area contributed by atoms with Gasteiger partial charge in [-0.25, -0.2) is 4.79 Å². The summed E-state index contributed by atoms with van der Waals surface area (Å²) in [5.41, 5.74) is 1.83. The highest BCUT2D eigenvalue weighted by Gasteiger charge is 2.26. The van der Waals surface area contributed by atoms with Crippen molar-refractivity contribution in [3.8, 4) is 5.75 Å². The molecule has 0 bridgehead atoms. The molecule has 0 saturated carbocycles. The highest BCUT2D eigenvalue weighted by molar-refractivity contribution is 6.06. The van der Waals surface area contributed by atoms with E-state index in [0.29, 0.717) is 30.3 Å². The lowest BCUT2D eigenvalue weighted by molar-refractivity contribution is -0.120. The van der Waals surface area contributed by atoms with Gasteiger partial charge in [-0.2, -0.15) is 0 Å². The number of carbonyl (C=O) groups is 2. The summed E-state index contributed by atoms with van der Waals surface area (Å²) < 4.78 is 5.30. The first-order chi connectivity index (χ1) is 9.02. The number of urea groups is 1. The maximum absolute atomic E-state index is 11.9. The van der Waals surface area contributed by atoms with Crippen molar-refractivity contribution in [2.75, 3.05) is 18.6 Å². The molecule has 5 heteroatoms. The zero-order chi connectivity index (χ0) is 14.0. The molecule has 5 nitrogen and oxygen atoms in total. The Balaban J connectivity index is 0.00000200. The van der Waals surface area contributed by atoms with Crippen molar-refractivity contribution >= 4 is 17.6 Å². The van der Waals surface area contributed by atoms with E-state index in [1.165, 1.54) is 0 Å². The second-order valence-electron chi connectivity index (χ2n) is 4.84. The van der Waals surface area contributed by atoms with Crippen LogP contribution in [0.2, 0.25) is 0 Å². The van der Waals surface area contributed by atoms with Crippen LogP contribution in [0, 0.1) is 0 Å². The molecule has 1 aliphatic heterocycles. The van der Waals surface area contributed by atoms with Gasteiger partial charge < -0.3 is 4.74 Å². The SMILES string of the molecule is COc1ccc(C(C)C)cc1N1CCC(=O)NC1=O.[HH]. The van der Waals surface area contributed by atoms with Crippen molar-refractivity contribution in [2.45, 2.75) is 26.2 Å². The summed E-state index contributed by atoms with van der Waals surface area (Å²) in [5, 5.41) is 2.32. The quantitative estimate of drug-likeness (QED) is 0.912. The molecule has 19 heavy (non-hydrogen) atoms. The third kappa shape index (κ3) is 2.70. The summed E-state index contributed by atoms with van der Waals surface area (Å²) in [6.45, 7) is 4.55. The minimum atomic E-state index is -0.393. The molecule has 3 amide bonds. The molecule has 0 atom stereocenters. The Morgan fingerprint density at radius 2 is 2.11 bits per heavy atom. The normalized spacial score (nSPS) is 15.7. The molecule has 2 rings (SSSR count). The number of nitrogens with zero attached hydrogens (tertiary/aromatic N) is 1. The lowest BCUT2D eigenvalue weighted by atomic mass is 10.0. The van der Waals surface area contributed by atoms with Gasteiger partial charge in [-0.05, 0) is 23.6 Å².